The lowest BCUT2D eigenvalue weighted by Gasteiger charge is -2.19. The van der Waals surface area contributed by atoms with E-state index >= 15 is 0 Å². The van der Waals surface area contributed by atoms with E-state index in [4.69, 9.17) is 4.98 Å². The molecule has 1 aromatic heterocycles. The minimum absolute atomic E-state index is 0.157. The third kappa shape index (κ3) is 3.77. The third-order valence-electron chi connectivity index (χ3n) is 4.07. The summed E-state index contributed by atoms with van der Waals surface area (Å²) in [5.41, 5.74) is 1.37. The molecule has 0 aliphatic heterocycles. The van der Waals surface area contributed by atoms with Gasteiger partial charge in [0.2, 0.25) is 0 Å². The summed E-state index contributed by atoms with van der Waals surface area (Å²) in [4.78, 5) is 6.20. The zero-order valence-electron chi connectivity index (χ0n) is 13.6. The summed E-state index contributed by atoms with van der Waals surface area (Å²) in [6.07, 6.45) is 6.23. The van der Waals surface area contributed by atoms with E-state index in [9.17, 15) is 0 Å². The van der Waals surface area contributed by atoms with Gasteiger partial charge in [-0.15, -0.1) is 11.3 Å². The van der Waals surface area contributed by atoms with Crippen LogP contribution in [0.3, 0.4) is 0 Å². The molecule has 1 N–H and O–H groups in total. The number of hydrogen-bond donors (Lipinski definition) is 1. The molecule has 0 amide bonds. The summed E-state index contributed by atoms with van der Waals surface area (Å²) in [5.74, 6) is 0. The Morgan fingerprint density at radius 1 is 1.35 bits per heavy atom. The van der Waals surface area contributed by atoms with Crippen molar-refractivity contribution in [1.82, 2.24) is 10.3 Å². The van der Waals surface area contributed by atoms with Crippen LogP contribution >= 0.6 is 23.1 Å². The normalized spacial score (nSPS) is 25.1. The first-order chi connectivity index (χ1) is 9.31. The highest BCUT2D eigenvalue weighted by atomic mass is 32.2. The van der Waals surface area contributed by atoms with Crippen molar-refractivity contribution in [2.24, 2.45) is 0 Å². The van der Waals surface area contributed by atoms with Gasteiger partial charge in [0.15, 0.2) is 0 Å². The van der Waals surface area contributed by atoms with Crippen LogP contribution in [0, 0.1) is 6.92 Å². The smallest absolute Gasteiger partial charge is 0.0985 e. The maximum Gasteiger partial charge on any atom is 0.0985 e. The number of aromatic nitrogens is 1. The van der Waals surface area contributed by atoms with E-state index in [1.807, 2.05) is 23.1 Å². The SMILES string of the molecule is CSC1CCC(NC(C)c2sc(C(C)(C)C)nc2C)C1. The molecule has 20 heavy (non-hydrogen) atoms. The fourth-order valence-corrected chi connectivity index (χ4v) is 4.80. The Labute approximate surface area is 132 Å². The lowest BCUT2D eigenvalue weighted by atomic mass is 9.98. The van der Waals surface area contributed by atoms with Crippen molar-refractivity contribution in [2.75, 3.05) is 6.26 Å². The topological polar surface area (TPSA) is 24.9 Å². The molecule has 2 rings (SSSR count). The lowest BCUT2D eigenvalue weighted by Crippen LogP contribution is -2.29. The largest absolute Gasteiger partial charge is 0.307 e. The van der Waals surface area contributed by atoms with E-state index in [0.717, 1.165) is 5.25 Å². The number of nitrogens with zero attached hydrogens (tertiary/aromatic N) is 1. The van der Waals surface area contributed by atoms with Crippen molar-refractivity contribution in [2.45, 2.75) is 76.6 Å². The summed E-state index contributed by atoms with van der Waals surface area (Å²) in [6.45, 7) is 11.2. The summed E-state index contributed by atoms with van der Waals surface area (Å²) in [7, 11) is 0. The van der Waals surface area contributed by atoms with Crippen LogP contribution in [0.15, 0.2) is 0 Å². The second-order valence-electron chi connectivity index (χ2n) is 6.97. The first-order valence-corrected chi connectivity index (χ1v) is 9.68. The molecule has 1 aliphatic carbocycles. The fraction of sp³-hybridized carbons (Fsp3) is 0.812. The number of thioether (sulfide) groups is 1. The van der Waals surface area contributed by atoms with Crippen LogP contribution in [0.4, 0.5) is 0 Å². The number of hydrogen-bond acceptors (Lipinski definition) is 4. The van der Waals surface area contributed by atoms with Crippen molar-refractivity contribution in [3.05, 3.63) is 15.6 Å². The molecule has 0 saturated heterocycles. The van der Waals surface area contributed by atoms with Crippen LogP contribution in [-0.2, 0) is 5.41 Å². The Morgan fingerprint density at radius 2 is 2.05 bits per heavy atom. The Balaban J connectivity index is 2.03. The van der Waals surface area contributed by atoms with Gasteiger partial charge in [0.1, 0.15) is 0 Å². The van der Waals surface area contributed by atoms with Crippen LogP contribution in [0.25, 0.3) is 0 Å². The van der Waals surface area contributed by atoms with Crippen molar-refractivity contribution >= 4 is 23.1 Å². The molecule has 0 spiro atoms. The van der Waals surface area contributed by atoms with Gasteiger partial charge in [0, 0.05) is 27.6 Å². The molecule has 3 atom stereocenters. The Kier molecular flexibility index (Phi) is 5.19. The molecule has 4 heteroatoms. The van der Waals surface area contributed by atoms with E-state index in [1.54, 1.807) is 0 Å². The molecule has 0 radical (unpaired) electrons. The number of nitrogens with one attached hydrogen (secondary N) is 1. The molecule has 1 saturated carbocycles. The standard InChI is InChI=1S/C16H28N2S2/c1-10(17-12-7-8-13(9-12)19-6)14-11(2)18-15(20-14)16(3,4)5/h10,12-13,17H,7-9H2,1-6H3. The first-order valence-electron chi connectivity index (χ1n) is 7.58. The maximum absolute atomic E-state index is 4.78. The van der Waals surface area contributed by atoms with Crippen LogP contribution in [0.1, 0.15) is 68.6 Å². The minimum atomic E-state index is 0.157. The van der Waals surface area contributed by atoms with E-state index in [0.29, 0.717) is 12.1 Å². The summed E-state index contributed by atoms with van der Waals surface area (Å²) < 4.78 is 0. The predicted molar refractivity (Wildman–Crippen MR) is 92.0 cm³/mol. The average Bonchev–Trinajstić information content (AvgIpc) is 2.94. The van der Waals surface area contributed by atoms with Gasteiger partial charge in [-0.2, -0.15) is 11.8 Å². The van der Waals surface area contributed by atoms with E-state index in [2.05, 4.69) is 46.2 Å². The Hall–Kier alpha value is -0.0600. The fourth-order valence-electron chi connectivity index (χ4n) is 2.87. The van der Waals surface area contributed by atoms with Gasteiger partial charge in [0.25, 0.3) is 0 Å². The lowest BCUT2D eigenvalue weighted by molar-refractivity contribution is 0.465. The van der Waals surface area contributed by atoms with Gasteiger partial charge >= 0.3 is 0 Å². The van der Waals surface area contributed by atoms with Gasteiger partial charge in [-0.3, -0.25) is 0 Å². The average molecular weight is 313 g/mol. The predicted octanol–water partition coefficient (Wildman–Crippen LogP) is 4.68. The van der Waals surface area contributed by atoms with E-state index in [-0.39, 0.29) is 5.41 Å². The molecule has 2 nitrogen and oxygen atoms in total. The maximum atomic E-state index is 4.78. The molecule has 1 heterocycles. The molecular weight excluding hydrogens is 284 g/mol. The van der Waals surface area contributed by atoms with Gasteiger partial charge < -0.3 is 5.32 Å². The summed E-state index contributed by atoms with van der Waals surface area (Å²) in [6, 6.07) is 1.11. The second-order valence-corrected chi connectivity index (χ2v) is 9.14. The zero-order valence-corrected chi connectivity index (χ0v) is 15.3. The van der Waals surface area contributed by atoms with Crippen LogP contribution in [0.2, 0.25) is 0 Å². The quantitative estimate of drug-likeness (QED) is 0.873. The van der Waals surface area contributed by atoms with Crippen LogP contribution < -0.4 is 5.32 Å². The van der Waals surface area contributed by atoms with Gasteiger partial charge in [-0.05, 0) is 39.4 Å². The highest BCUT2D eigenvalue weighted by Gasteiger charge is 2.27. The Morgan fingerprint density at radius 3 is 2.55 bits per heavy atom. The molecule has 1 fully saturated rings. The van der Waals surface area contributed by atoms with Crippen molar-refractivity contribution in [3.63, 3.8) is 0 Å². The second kappa shape index (κ2) is 6.37. The van der Waals surface area contributed by atoms with E-state index < -0.39 is 0 Å². The zero-order chi connectivity index (χ0) is 14.9. The number of thiazole rings is 1. The van der Waals surface area contributed by atoms with Gasteiger partial charge in [0.05, 0.1) is 10.7 Å². The van der Waals surface area contributed by atoms with Crippen LogP contribution in [-0.4, -0.2) is 22.5 Å². The highest BCUT2D eigenvalue weighted by molar-refractivity contribution is 7.99. The summed E-state index contributed by atoms with van der Waals surface area (Å²) >= 11 is 3.91. The minimum Gasteiger partial charge on any atom is -0.307 e. The third-order valence-corrected chi connectivity index (χ3v) is 6.93. The molecule has 1 aromatic rings. The Bertz CT molecular complexity index is 448. The van der Waals surface area contributed by atoms with E-state index in [1.165, 1.54) is 34.8 Å². The molecule has 3 unspecified atom stereocenters. The van der Waals surface area contributed by atoms with Gasteiger partial charge in [-0.1, -0.05) is 20.8 Å². The summed E-state index contributed by atoms with van der Waals surface area (Å²) in [5, 5.41) is 5.93. The van der Waals surface area contributed by atoms with Crippen LogP contribution in [0.5, 0.6) is 0 Å². The molecular formula is C16H28N2S2. The highest BCUT2D eigenvalue weighted by Crippen LogP contribution is 2.34. The molecule has 0 bridgehead atoms. The first kappa shape index (κ1) is 16.3. The molecule has 0 aromatic carbocycles. The number of rotatable bonds is 4. The van der Waals surface area contributed by atoms with Crippen molar-refractivity contribution in [3.8, 4) is 0 Å². The van der Waals surface area contributed by atoms with Crippen molar-refractivity contribution < 1.29 is 0 Å². The number of aryl methyl sites for hydroxylation is 1. The molecule has 114 valence electrons. The van der Waals surface area contributed by atoms with Gasteiger partial charge in [-0.25, -0.2) is 4.98 Å². The monoisotopic (exact) mass is 312 g/mol. The molecule has 1 aliphatic rings. The van der Waals surface area contributed by atoms with Crippen molar-refractivity contribution in [1.29, 1.82) is 0 Å².